The Labute approximate surface area is 176 Å². The van der Waals surface area contributed by atoms with Crippen LogP contribution in [0.25, 0.3) is 11.4 Å². The number of nitrogens with zero attached hydrogens (tertiary/aromatic N) is 5. The molecule has 8 nitrogen and oxygen atoms in total. The van der Waals surface area contributed by atoms with E-state index in [9.17, 15) is 0 Å². The van der Waals surface area contributed by atoms with Crippen molar-refractivity contribution < 1.29 is 14.0 Å². The molecule has 4 rings (SSSR count). The van der Waals surface area contributed by atoms with Crippen molar-refractivity contribution in [2.24, 2.45) is 0 Å². The topological polar surface area (TPSA) is 86.4 Å². The molecule has 0 amide bonds. The molecule has 1 atom stereocenters. The minimum absolute atomic E-state index is 0.185. The highest BCUT2D eigenvalue weighted by Crippen LogP contribution is 2.31. The van der Waals surface area contributed by atoms with Crippen LogP contribution in [0.15, 0.2) is 23.1 Å². The third-order valence-corrected chi connectivity index (χ3v) is 5.78. The maximum absolute atomic E-state index is 6.08. The Morgan fingerprint density at radius 1 is 1.20 bits per heavy atom. The Bertz CT molecular complexity index is 1050. The summed E-state index contributed by atoms with van der Waals surface area (Å²) in [5.41, 5.74) is 6.57. The van der Waals surface area contributed by atoms with Crippen LogP contribution in [0.4, 0.5) is 0 Å². The minimum Gasteiger partial charge on any atom is -0.496 e. The first-order valence-electron chi connectivity index (χ1n) is 10.1. The van der Waals surface area contributed by atoms with E-state index < -0.39 is 0 Å². The van der Waals surface area contributed by atoms with Crippen LogP contribution >= 0.6 is 0 Å². The average molecular weight is 409 g/mol. The molecule has 158 valence electrons. The third-order valence-electron chi connectivity index (χ3n) is 5.78. The van der Waals surface area contributed by atoms with Crippen LogP contribution in [0.3, 0.4) is 0 Å². The third kappa shape index (κ3) is 3.93. The Balaban J connectivity index is 1.58. The lowest BCUT2D eigenvalue weighted by atomic mass is 9.96. The molecule has 1 fully saturated rings. The predicted octanol–water partition coefficient (Wildman–Crippen LogP) is 3.34. The van der Waals surface area contributed by atoms with Gasteiger partial charge in [-0.1, -0.05) is 5.16 Å². The first kappa shape index (κ1) is 20.4. The standard InChI is InChI=1S/C22H27N5O3/c1-13-8-19(28-5)15(3)14(2)18(13)10-27-6-7-29-20(11-27)21-17(9-23-12-24-21)22-25-16(4)30-26-22/h8-9,12,20H,6-7,10-11H2,1-5H3. The number of morpholine rings is 1. The van der Waals surface area contributed by atoms with Gasteiger partial charge in [-0.25, -0.2) is 9.97 Å². The smallest absolute Gasteiger partial charge is 0.223 e. The summed E-state index contributed by atoms with van der Waals surface area (Å²) in [5, 5.41) is 4.03. The molecule has 8 heteroatoms. The summed E-state index contributed by atoms with van der Waals surface area (Å²) in [6, 6.07) is 2.12. The highest BCUT2D eigenvalue weighted by atomic mass is 16.5. The van der Waals surface area contributed by atoms with E-state index in [0.29, 0.717) is 18.3 Å². The predicted molar refractivity (Wildman–Crippen MR) is 111 cm³/mol. The van der Waals surface area contributed by atoms with Crippen molar-refractivity contribution in [2.45, 2.75) is 40.3 Å². The van der Waals surface area contributed by atoms with Crippen molar-refractivity contribution in [2.75, 3.05) is 26.8 Å². The van der Waals surface area contributed by atoms with E-state index in [1.807, 2.05) is 0 Å². The zero-order valence-corrected chi connectivity index (χ0v) is 18.1. The number of benzene rings is 1. The zero-order chi connectivity index (χ0) is 21.3. The maximum Gasteiger partial charge on any atom is 0.223 e. The van der Waals surface area contributed by atoms with Gasteiger partial charge in [0.05, 0.1) is 25.0 Å². The molecule has 2 aromatic heterocycles. The van der Waals surface area contributed by atoms with Gasteiger partial charge in [0.2, 0.25) is 11.7 Å². The summed E-state index contributed by atoms with van der Waals surface area (Å²) in [4.78, 5) is 15.4. The Hall–Kier alpha value is -2.84. The molecule has 3 heterocycles. The summed E-state index contributed by atoms with van der Waals surface area (Å²) in [6.07, 6.45) is 3.07. The van der Waals surface area contributed by atoms with Crippen LogP contribution in [0.1, 0.15) is 39.9 Å². The molecule has 1 unspecified atom stereocenters. The summed E-state index contributed by atoms with van der Waals surface area (Å²) in [5.74, 6) is 1.93. The van der Waals surface area contributed by atoms with Crippen LogP contribution < -0.4 is 4.74 Å². The highest BCUT2D eigenvalue weighted by Gasteiger charge is 2.28. The van der Waals surface area contributed by atoms with Crippen molar-refractivity contribution in [1.82, 2.24) is 25.0 Å². The van der Waals surface area contributed by atoms with Gasteiger partial charge in [-0.05, 0) is 49.1 Å². The summed E-state index contributed by atoms with van der Waals surface area (Å²) < 4.78 is 16.7. The van der Waals surface area contributed by atoms with Crippen LogP contribution in [0.2, 0.25) is 0 Å². The molecule has 1 aromatic carbocycles. The number of ether oxygens (including phenoxy) is 2. The van der Waals surface area contributed by atoms with Gasteiger partial charge in [-0.15, -0.1) is 0 Å². The number of hydrogen-bond acceptors (Lipinski definition) is 8. The van der Waals surface area contributed by atoms with Gasteiger partial charge in [0.1, 0.15) is 18.2 Å². The zero-order valence-electron chi connectivity index (χ0n) is 18.1. The number of methoxy groups -OCH3 is 1. The second-order valence-electron chi connectivity index (χ2n) is 7.68. The van der Waals surface area contributed by atoms with Crippen molar-refractivity contribution in [3.8, 4) is 17.1 Å². The van der Waals surface area contributed by atoms with Gasteiger partial charge < -0.3 is 14.0 Å². The summed E-state index contributed by atoms with van der Waals surface area (Å²) >= 11 is 0. The van der Waals surface area contributed by atoms with Crippen LogP contribution in [0, 0.1) is 27.7 Å². The largest absolute Gasteiger partial charge is 0.496 e. The first-order valence-corrected chi connectivity index (χ1v) is 10.1. The van der Waals surface area contributed by atoms with Gasteiger partial charge in [0.25, 0.3) is 0 Å². The van der Waals surface area contributed by atoms with E-state index >= 15 is 0 Å². The molecule has 0 saturated carbocycles. The van der Waals surface area contributed by atoms with Crippen LogP contribution in [0.5, 0.6) is 5.75 Å². The van der Waals surface area contributed by atoms with Gasteiger partial charge in [0.15, 0.2) is 0 Å². The van der Waals surface area contributed by atoms with E-state index in [1.165, 1.54) is 28.6 Å². The van der Waals surface area contributed by atoms with Crippen molar-refractivity contribution in [3.05, 3.63) is 52.4 Å². The highest BCUT2D eigenvalue weighted by molar-refractivity contribution is 5.56. The average Bonchev–Trinajstić information content (AvgIpc) is 3.20. The molecule has 3 aromatic rings. The minimum atomic E-state index is -0.185. The molecule has 0 bridgehead atoms. The van der Waals surface area contributed by atoms with E-state index in [1.54, 1.807) is 20.2 Å². The second-order valence-corrected chi connectivity index (χ2v) is 7.68. The Morgan fingerprint density at radius 2 is 2.03 bits per heavy atom. The molecular weight excluding hydrogens is 382 g/mol. The van der Waals surface area contributed by atoms with Gasteiger partial charge in [0, 0.05) is 32.8 Å². The van der Waals surface area contributed by atoms with E-state index in [4.69, 9.17) is 14.0 Å². The number of rotatable bonds is 5. The molecule has 0 N–H and O–H groups in total. The van der Waals surface area contributed by atoms with Gasteiger partial charge >= 0.3 is 0 Å². The number of hydrogen-bond donors (Lipinski definition) is 0. The lowest BCUT2D eigenvalue weighted by molar-refractivity contribution is -0.0348. The molecule has 0 aliphatic carbocycles. The lowest BCUT2D eigenvalue weighted by Gasteiger charge is -2.34. The molecule has 1 saturated heterocycles. The van der Waals surface area contributed by atoms with E-state index in [0.717, 1.165) is 36.6 Å². The van der Waals surface area contributed by atoms with Crippen molar-refractivity contribution in [3.63, 3.8) is 0 Å². The Kier molecular flexibility index (Phi) is 5.78. The fraction of sp³-hybridized carbons (Fsp3) is 0.455. The molecule has 1 aliphatic heterocycles. The van der Waals surface area contributed by atoms with Crippen LogP contribution in [-0.4, -0.2) is 51.8 Å². The molecule has 0 radical (unpaired) electrons. The summed E-state index contributed by atoms with van der Waals surface area (Å²) in [6.45, 7) is 11.3. The quantitative estimate of drug-likeness (QED) is 0.634. The Morgan fingerprint density at radius 3 is 2.77 bits per heavy atom. The fourth-order valence-electron chi connectivity index (χ4n) is 3.97. The van der Waals surface area contributed by atoms with Crippen LogP contribution in [-0.2, 0) is 11.3 Å². The van der Waals surface area contributed by atoms with Crippen molar-refractivity contribution in [1.29, 1.82) is 0 Å². The molecule has 1 aliphatic rings. The monoisotopic (exact) mass is 409 g/mol. The van der Waals surface area contributed by atoms with Gasteiger partial charge in [-0.2, -0.15) is 4.98 Å². The number of aromatic nitrogens is 4. The van der Waals surface area contributed by atoms with Gasteiger partial charge in [-0.3, -0.25) is 4.90 Å². The van der Waals surface area contributed by atoms with Crippen molar-refractivity contribution >= 4 is 0 Å². The maximum atomic E-state index is 6.08. The molecule has 0 spiro atoms. The lowest BCUT2D eigenvalue weighted by Crippen LogP contribution is -2.38. The number of aryl methyl sites for hydroxylation is 2. The molecule has 30 heavy (non-hydrogen) atoms. The first-order chi connectivity index (χ1) is 14.5. The normalized spacial score (nSPS) is 17.3. The summed E-state index contributed by atoms with van der Waals surface area (Å²) in [7, 11) is 1.72. The second kappa shape index (κ2) is 8.49. The fourth-order valence-corrected chi connectivity index (χ4v) is 3.97. The SMILES string of the molecule is COc1cc(C)c(CN2CCOC(c3ncncc3-c3noc(C)n3)C2)c(C)c1C. The molecular formula is C22H27N5O3. The van der Waals surface area contributed by atoms with E-state index in [2.05, 4.69) is 51.8 Å². The van der Waals surface area contributed by atoms with E-state index in [-0.39, 0.29) is 6.10 Å².